The first-order valence-corrected chi connectivity index (χ1v) is 20.1. The Labute approximate surface area is 301 Å². The summed E-state index contributed by atoms with van der Waals surface area (Å²) in [5.41, 5.74) is 0. The summed E-state index contributed by atoms with van der Waals surface area (Å²) < 4.78 is 10.6. The molecule has 0 saturated carbocycles. The van der Waals surface area contributed by atoms with Gasteiger partial charge in [-0.05, 0) is 70.6 Å². The maximum atomic E-state index is 12.1. The molecule has 284 valence electrons. The van der Waals surface area contributed by atoms with Crippen molar-refractivity contribution in [3.8, 4) is 0 Å². The van der Waals surface area contributed by atoms with E-state index in [1.807, 2.05) is 6.92 Å². The molecule has 6 nitrogen and oxygen atoms in total. The highest BCUT2D eigenvalue weighted by Crippen LogP contribution is 2.15. The molecular formula is C43H76O6. The van der Waals surface area contributed by atoms with Gasteiger partial charge in [0.2, 0.25) is 0 Å². The molecule has 2 atom stereocenters. The number of unbranched alkanes of at least 4 members (excludes halogenated alkanes) is 15. The van der Waals surface area contributed by atoms with Crippen molar-refractivity contribution in [1.82, 2.24) is 0 Å². The predicted molar refractivity (Wildman–Crippen MR) is 206 cm³/mol. The third kappa shape index (κ3) is 38.5. The van der Waals surface area contributed by atoms with Crippen LogP contribution in [-0.4, -0.2) is 47.6 Å². The Morgan fingerprint density at radius 2 is 0.959 bits per heavy atom. The van der Waals surface area contributed by atoms with Gasteiger partial charge in [-0.15, -0.1) is 0 Å². The van der Waals surface area contributed by atoms with Crippen LogP contribution in [-0.2, 0) is 19.1 Å². The van der Waals surface area contributed by atoms with Crippen molar-refractivity contribution in [3.63, 3.8) is 0 Å². The lowest BCUT2D eigenvalue weighted by molar-refractivity contribution is -0.161. The zero-order valence-electron chi connectivity index (χ0n) is 32.0. The van der Waals surface area contributed by atoms with E-state index in [4.69, 9.17) is 9.47 Å². The summed E-state index contributed by atoms with van der Waals surface area (Å²) in [6, 6.07) is 0. The number of hydrogen-bond donors (Lipinski definition) is 2. The van der Waals surface area contributed by atoms with Crippen LogP contribution in [0.15, 0.2) is 48.6 Å². The molecular weight excluding hydrogens is 612 g/mol. The Bertz CT molecular complexity index is 856. The fourth-order valence-corrected chi connectivity index (χ4v) is 5.51. The zero-order valence-corrected chi connectivity index (χ0v) is 32.0. The van der Waals surface area contributed by atoms with Crippen LogP contribution in [0.5, 0.6) is 0 Å². The van der Waals surface area contributed by atoms with Crippen LogP contribution in [0.2, 0.25) is 0 Å². The van der Waals surface area contributed by atoms with Crippen molar-refractivity contribution in [3.05, 3.63) is 48.6 Å². The van der Waals surface area contributed by atoms with Crippen molar-refractivity contribution in [1.29, 1.82) is 0 Å². The van der Waals surface area contributed by atoms with Crippen LogP contribution in [0.25, 0.3) is 0 Å². The van der Waals surface area contributed by atoms with Gasteiger partial charge in [-0.1, -0.05) is 152 Å². The minimum absolute atomic E-state index is 0.0951. The topological polar surface area (TPSA) is 93.1 Å². The first-order valence-electron chi connectivity index (χ1n) is 20.1. The van der Waals surface area contributed by atoms with E-state index in [9.17, 15) is 19.8 Å². The third-order valence-electron chi connectivity index (χ3n) is 8.57. The highest BCUT2D eigenvalue weighted by molar-refractivity contribution is 5.70. The molecule has 0 saturated heterocycles. The number of aliphatic hydroxyl groups excluding tert-OH is 2. The molecule has 0 rings (SSSR count). The fraction of sp³-hybridized carbons (Fsp3) is 0.767. The average molecular weight is 689 g/mol. The zero-order chi connectivity index (χ0) is 36.0. The number of aliphatic hydroxyl groups is 2. The van der Waals surface area contributed by atoms with E-state index in [1.165, 1.54) is 77.0 Å². The van der Waals surface area contributed by atoms with Gasteiger partial charge in [-0.2, -0.15) is 0 Å². The molecule has 49 heavy (non-hydrogen) atoms. The second-order valence-electron chi connectivity index (χ2n) is 14.1. The maximum absolute atomic E-state index is 12.1. The van der Waals surface area contributed by atoms with Gasteiger partial charge >= 0.3 is 11.9 Å². The predicted octanol–water partition coefficient (Wildman–Crippen LogP) is 11.4. The molecule has 0 radical (unpaired) electrons. The van der Waals surface area contributed by atoms with Crippen LogP contribution in [0.3, 0.4) is 0 Å². The fourth-order valence-electron chi connectivity index (χ4n) is 5.51. The quantitative estimate of drug-likeness (QED) is 0.0391. The van der Waals surface area contributed by atoms with Gasteiger partial charge in [0, 0.05) is 12.8 Å². The SMILES string of the molecule is CC(C)CCCCCCCCCCCCCCCCC(=O)OC[C@H](CO)OC(=O)CCC/C=C\C/C=C\C/C=C\C/C=C\CCC[C@H](C)O. The van der Waals surface area contributed by atoms with Gasteiger partial charge in [0.1, 0.15) is 6.61 Å². The molecule has 6 heteroatoms. The molecule has 0 unspecified atom stereocenters. The van der Waals surface area contributed by atoms with Gasteiger partial charge in [0.15, 0.2) is 6.10 Å². The molecule has 0 aliphatic rings. The van der Waals surface area contributed by atoms with Crippen molar-refractivity contribution in [2.24, 2.45) is 5.92 Å². The Kier molecular flexibility index (Phi) is 35.4. The molecule has 0 aliphatic heterocycles. The van der Waals surface area contributed by atoms with Crippen molar-refractivity contribution in [2.45, 2.75) is 193 Å². The number of carbonyl (C=O) groups is 2. The second-order valence-corrected chi connectivity index (χ2v) is 14.1. The average Bonchev–Trinajstić information content (AvgIpc) is 3.07. The number of carbonyl (C=O) groups excluding carboxylic acids is 2. The number of allylic oxidation sites excluding steroid dienone is 8. The van der Waals surface area contributed by atoms with Gasteiger partial charge in [-0.3, -0.25) is 9.59 Å². The van der Waals surface area contributed by atoms with Crippen molar-refractivity contribution in [2.75, 3.05) is 13.2 Å². The van der Waals surface area contributed by atoms with Crippen molar-refractivity contribution >= 4 is 11.9 Å². The van der Waals surface area contributed by atoms with E-state index >= 15 is 0 Å². The molecule has 0 bridgehead atoms. The summed E-state index contributed by atoms with van der Waals surface area (Å²) in [5, 5.41) is 18.8. The van der Waals surface area contributed by atoms with E-state index in [1.54, 1.807) is 0 Å². The summed E-state index contributed by atoms with van der Waals surface area (Å²) >= 11 is 0. The Balaban J connectivity index is 3.65. The molecule has 0 aromatic carbocycles. The summed E-state index contributed by atoms with van der Waals surface area (Å²) in [5.74, 6) is 0.174. The van der Waals surface area contributed by atoms with Crippen LogP contribution < -0.4 is 0 Å². The standard InChI is InChI=1S/C43H76O6/c1-39(2)33-29-25-21-17-13-9-7-8-11-15-19-23-27-31-35-42(46)48-38-41(37-44)49-43(47)36-32-28-24-20-16-12-6-4-5-10-14-18-22-26-30-34-40(3)45/h5-6,10,12,18,20,22,24,39-41,44-45H,4,7-9,11,13-17,19,21,23,25-38H2,1-3H3/b10-5-,12-6-,22-18-,24-20-/t40-,41-/m0/s1. The van der Waals surface area contributed by atoms with Gasteiger partial charge in [0.05, 0.1) is 12.7 Å². The highest BCUT2D eigenvalue weighted by atomic mass is 16.6. The van der Waals surface area contributed by atoms with Crippen LogP contribution in [0, 0.1) is 5.92 Å². The van der Waals surface area contributed by atoms with Crippen LogP contribution >= 0.6 is 0 Å². The molecule has 0 aromatic rings. The second kappa shape index (κ2) is 37.1. The van der Waals surface area contributed by atoms with E-state index < -0.39 is 6.10 Å². The number of esters is 2. The number of ether oxygens (including phenoxy) is 2. The summed E-state index contributed by atoms with van der Waals surface area (Å²) in [7, 11) is 0. The molecule has 0 amide bonds. The minimum Gasteiger partial charge on any atom is -0.462 e. The third-order valence-corrected chi connectivity index (χ3v) is 8.57. The van der Waals surface area contributed by atoms with Gasteiger partial charge < -0.3 is 19.7 Å². The summed E-state index contributed by atoms with van der Waals surface area (Å²) in [4.78, 5) is 24.2. The van der Waals surface area contributed by atoms with E-state index in [2.05, 4.69) is 62.5 Å². The van der Waals surface area contributed by atoms with E-state index in [-0.39, 0.29) is 37.7 Å². The molecule has 0 aliphatic carbocycles. The first kappa shape index (κ1) is 46.8. The van der Waals surface area contributed by atoms with Crippen LogP contribution in [0.1, 0.15) is 181 Å². The number of rotatable bonds is 35. The largest absolute Gasteiger partial charge is 0.462 e. The lowest BCUT2D eigenvalue weighted by atomic mass is 10.0. The maximum Gasteiger partial charge on any atom is 0.306 e. The van der Waals surface area contributed by atoms with Crippen LogP contribution in [0.4, 0.5) is 0 Å². The Morgan fingerprint density at radius 3 is 1.43 bits per heavy atom. The number of hydrogen-bond acceptors (Lipinski definition) is 6. The normalized spacial score (nSPS) is 13.4. The molecule has 0 heterocycles. The Morgan fingerprint density at radius 1 is 0.531 bits per heavy atom. The smallest absolute Gasteiger partial charge is 0.306 e. The lowest BCUT2D eigenvalue weighted by Crippen LogP contribution is -2.28. The minimum atomic E-state index is -0.808. The molecule has 2 N–H and O–H groups in total. The molecule has 0 fully saturated rings. The van der Waals surface area contributed by atoms with E-state index in [0.717, 1.165) is 70.1 Å². The lowest BCUT2D eigenvalue weighted by Gasteiger charge is -2.15. The van der Waals surface area contributed by atoms with Gasteiger partial charge in [0.25, 0.3) is 0 Å². The summed E-state index contributed by atoms with van der Waals surface area (Å²) in [6.07, 6.45) is 43.1. The van der Waals surface area contributed by atoms with Crippen molar-refractivity contribution < 1.29 is 29.3 Å². The first-order chi connectivity index (χ1) is 23.8. The molecule has 0 aromatic heterocycles. The highest BCUT2D eigenvalue weighted by Gasteiger charge is 2.16. The molecule has 0 spiro atoms. The monoisotopic (exact) mass is 689 g/mol. The summed E-state index contributed by atoms with van der Waals surface area (Å²) in [6.45, 7) is 5.99. The Hall–Kier alpha value is -2.18. The van der Waals surface area contributed by atoms with E-state index in [0.29, 0.717) is 12.8 Å². The van der Waals surface area contributed by atoms with Gasteiger partial charge in [-0.25, -0.2) is 0 Å².